The van der Waals surface area contributed by atoms with Gasteiger partial charge in [-0.25, -0.2) is 4.98 Å². The number of nitrogens with zero attached hydrogens (tertiary/aromatic N) is 2. The number of aromatic nitrogens is 2. The van der Waals surface area contributed by atoms with Crippen molar-refractivity contribution < 1.29 is 4.74 Å². The van der Waals surface area contributed by atoms with Crippen molar-refractivity contribution in [2.24, 2.45) is 0 Å². The molecular weight excluding hydrogens is 339 g/mol. The lowest BCUT2D eigenvalue weighted by Crippen LogP contribution is -2.12. The highest BCUT2D eigenvalue weighted by Crippen LogP contribution is 2.30. The summed E-state index contributed by atoms with van der Waals surface area (Å²) in [4.78, 5) is 5.25. The second-order valence-electron chi connectivity index (χ2n) is 4.80. The molecule has 6 heteroatoms. The number of hydrogen-bond acceptors (Lipinski definition) is 3. The Bertz CT molecular complexity index is 714. The fourth-order valence-electron chi connectivity index (χ4n) is 2.17. The predicted octanol–water partition coefficient (Wildman–Crippen LogP) is 5.21. The van der Waals surface area contributed by atoms with Crippen molar-refractivity contribution in [1.29, 1.82) is 0 Å². The molecule has 1 unspecified atom stereocenters. The summed E-state index contributed by atoms with van der Waals surface area (Å²) in [6.07, 6.45) is 5.26. The molecule has 0 saturated heterocycles. The Morgan fingerprint density at radius 2 is 2.18 bits per heavy atom. The zero-order valence-corrected chi connectivity index (χ0v) is 14.0. The van der Waals surface area contributed by atoms with E-state index in [0.717, 1.165) is 5.56 Å². The van der Waals surface area contributed by atoms with Gasteiger partial charge in [0, 0.05) is 32.9 Å². The maximum absolute atomic E-state index is 6.34. The van der Waals surface area contributed by atoms with Crippen LogP contribution in [-0.2, 0) is 17.9 Å². The summed E-state index contributed by atoms with van der Waals surface area (Å²) in [5.74, 6) is 0. The third-order valence-electron chi connectivity index (χ3n) is 3.25. The minimum atomic E-state index is -0.166. The topological polar surface area (TPSA) is 27.1 Å². The van der Waals surface area contributed by atoms with E-state index in [1.54, 1.807) is 29.9 Å². The quantitative estimate of drug-likeness (QED) is 0.608. The van der Waals surface area contributed by atoms with Crippen LogP contribution >= 0.6 is 34.5 Å². The molecule has 0 spiro atoms. The molecule has 0 aliphatic carbocycles. The molecule has 0 aliphatic heterocycles. The van der Waals surface area contributed by atoms with Crippen LogP contribution in [0.25, 0.3) is 0 Å². The average molecular weight is 353 g/mol. The molecule has 2 aromatic heterocycles. The number of thiophene rings is 1. The van der Waals surface area contributed by atoms with E-state index in [9.17, 15) is 0 Å². The first kappa shape index (κ1) is 15.6. The van der Waals surface area contributed by atoms with Crippen molar-refractivity contribution in [3.05, 3.63) is 74.9 Å². The largest absolute Gasteiger partial charge is 0.366 e. The van der Waals surface area contributed by atoms with Crippen molar-refractivity contribution in [1.82, 2.24) is 9.55 Å². The van der Waals surface area contributed by atoms with Crippen LogP contribution in [0.2, 0.25) is 10.0 Å². The van der Waals surface area contributed by atoms with Gasteiger partial charge >= 0.3 is 0 Å². The Hall–Kier alpha value is -1.33. The molecule has 0 aliphatic rings. The Labute approximate surface area is 143 Å². The van der Waals surface area contributed by atoms with Gasteiger partial charge in [0.2, 0.25) is 0 Å². The maximum atomic E-state index is 6.34. The molecule has 3 rings (SSSR count). The number of ether oxygens (including phenoxy) is 1. The summed E-state index contributed by atoms with van der Waals surface area (Å²) < 4.78 is 8.08. The van der Waals surface area contributed by atoms with Gasteiger partial charge in [0.05, 0.1) is 19.5 Å². The second kappa shape index (κ2) is 7.29. The van der Waals surface area contributed by atoms with Crippen LogP contribution in [0.1, 0.15) is 16.5 Å². The van der Waals surface area contributed by atoms with Crippen molar-refractivity contribution >= 4 is 34.5 Å². The molecule has 3 nitrogen and oxygen atoms in total. The molecule has 2 heterocycles. The lowest BCUT2D eigenvalue weighted by Gasteiger charge is -2.20. The monoisotopic (exact) mass is 352 g/mol. The molecule has 0 amide bonds. The molecule has 0 saturated carbocycles. The van der Waals surface area contributed by atoms with Crippen molar-refractivity contribution in [3.63, 3.8) is 0 Å². The Kier molecular flexibility index (Phi) is 5.16. The van der Waals surface area contributed by atoms with Gasteiger partial charge in [-0.1, -0.05) is 35.3 Å². The minimum absolute atomic E-state index is 0.166. The van der Waals surface area contributed by atoms with Gasteiger partial charge in [-0.15, -0.1) is 11.3 Å². The van der Waals surface area contributed by atoms with Gasteiger partial charge in [0.15, 0.2) is 0 Å². The Balaban J connectivity index is 1.81. The second-order valence-corrected chi connectivity index (χ2v) is 6.68. The van der Waals surface area contributed by atoms with Crippen LogP contribution in [0, 0.1) is 0 Å². The van der Waals surface area contributed by atoms with E-state index in [-0.39, 0.29) is 6.10 Å². The lowest BCUT2D eigenvalue weighted by atomic mass is 10.1. The zero-order chi connectivity index (χ0) is 15.4. The molecule has 114 valence electrons. The Morgan fingerprint density at radius 3 is 2.86 bits per heavy atom. The van der Waals surface area contributed by atoms with E-state index < -0.39 is 0 Å². The highest BCUT2D eigenvalue weighted by molar-refractivity contribution is 7.09. The summed E-state index contributed by atoms with van der Waals surface area (Å²) in [5, 5.41) is 3.27. The van der Waals surface area contributed by atoms with Gasteiger partial charge in [-0.3, -0.25) is 0 Å². The number of halogens is 2. The molecule has 0 fully saturated rings. The smallest absolute Gasteiger partial charge is 0.102 e. The number of hydrogen-bond donors (Lipinski definition) is 0. The third kappa shape index (κ3) is 3.90. The van der Waals surface area contributed by atoms with Crippen LogP contribution in [0.4, 0.5) is 0 Å². The molecule has 0 radical (unpaired) electrons. The number of benzene rings is 1. The first-order chi connectivity index (χ1) is 10.7. The molecule has 22 heavy (non-hydrogen) atoms. The van der Waals surface area contributed by atoms with E-state index in [4.69, 9.17) is 27.9 Å². The van der Waals surface area contributed by atoms with E-state index in [2.05, 4.69) is 11.1 Å². The lowest BCUT2D eigenvalue weighted by molar-refractivity contribution is 0.0295. The third-order valence-corrected chi connectivity index (χ3v) is 4.66. The molecule has 1 atom stereocenters. The SMILES string of the molecule is Clc1ccc(C(Cn2ccnc2)OCc2cccs2)c(Cl)c1. The fourth-order valence-corrected chi connectivity index (χ4v) is 3.32. The van der Waals surface area contributed by atoms with Crippen molar-refractivity contribution in [2.75, 3.05) is 0 Å². The predicted molar refractivity (Wildman–Crippen MR) is 90.5 cm³/mol. The van der Waals surface area contributed by atoms with Gasteiger partial charge in [0.1, 0.15) is 6.10 Å². The highest BCUT2D eigenvalue weighted by Gasteiger charge is 2.17. The Morgan fingerprint density at radius 1 is 1.27 bits per heavy atom. The molecule has 3 aromatic rings. The van der Waals surface area contributed by atoms with Crippen LogP contribution in [-0.4, -0.2) is 9.55 Å². The first-order valence-electron chi connectivity index (χ1n) is 6.77. The van der Waals surface area contributed by atoms with E-state index in [0.29, 0.717) is 23.2 Å². The van der Waals surface area contributed by atoms with E-state index in [1.807, 2.05) is 34.3 Å². The van der Waals surface area contributed by atoms with Gasteiger partial charge in [0.25, 0.3) is 0 Å². The molecule has 1 aromatic carbocycles. The molecule has 0 bridgehead atoms. The molecule has 0 N–H and O–H groups in total. The zero-order valence-electron chi connectivity index (χ0n) is 11.7. The van der Waals surface area contributed by atoms with E-state index in [1.165, 1.54) is 4.88 Å². The normalized spacial score (nSPS) is 12.5. The van der Waals surface area contributed by atoms with Crippen molar-refractivity contribution in [2.45, 2.75) is 19.3 Å². The average Bonchev–Trinajstić information content (AvgIpc) is 3.17. The first-order valence-corrected chi connectivity index (χ1v) is 8.40. The maximum Gasteiger partial charge on any atom is 0.102 e. The summed E-state index contributed by atoms with van der Waals surface area (Å²) >= 11 is 14.0. The van der Waals surface area contributed by atoms with E-state index >= 15 is 0 Å². The number of rotatable bonds is 6. The summed E-state index contributed by atoms with van der Waals surface area (Å²) in [5.41, 5.74) is 0.927. The summed E-state index contributed by atoms with van der Waals surface area (Å²) in [6, 6.07) is 9.57. The van der Waals surface area contributed by atoms with Gasteiger partial charge < -0.3 is 9.30 Å². The van der Waals surface area contributed by atoms with Gasteiger partial charge in [-0.05, 0) is 23.6 Å². The van der Waals surface area contributed by atoms with Crippen LogP contribution in [0.15, 0.2) is 54.4 Å². The minimum Gasteiger partial charge on any atom is -0.366 e. The fraction of sp³-hybridized carbons (Fsp3) is 0.188. The van der Waals surface area contributed by atoms with Crippen LogP contribution in [0.5, 0.6) is 0 Å². The number of imidazole rings is 1. The highest BCUT2D eigenvalue weighted by atomic mass is 35.5. The van der Waals surface area contributed by atoms with Gasteiger partial charge in [-0.2, -0.15) is 0 Å². The van der Waals surface area contributed by atoms with Crippen LogP contribution in [0.3, 0.4) is 0 Å². The summed E-state index contributed by atoms with van der Waals surface area (Å²) in [6.45, 7) is 1.20. The van der Waals surface area contributed by atoms with Crippen molar-refractivity contribution in [3.8, 4) is 0 Å². The summed E-state index contributed by atoms with van der Waals surface area (Å²) in [7, 11) is 0. The molecular formula is C16H14Cl2N2OS. The van der Waals surface area contributed by atoms with Crippen LogP contribution < -0.4 is 0 Å². The standard InChI is InChI=1S/C16H14Cl2N2OS/c17-12-3-4-14(15(18)8-12)16(9-20-6-5-19-11-20)21-10-13-2-1-7-22-13/h1-8,11,16H,9-10H2.